The van der Waals surface area contributed by atoms with Gasteiger partial charge in [0.25, 0.3) is 5.56 Å². The fourth-order valence-corrected chi connectivity index (χ4v) is 4.51. The first kappa shape index (κ1) is 18.0. The normalized spacial score (nSPS) is 18.0. The molecule has 3 heterocycles. The number of nitrogens with zero attached hydrogens (tertiary/aromatic N) is 3. The molecule has 0 saturated carbocycles. The van der Waals surface area contributed by atoms with E-state index in [1.807, 2.05) is 24.8 Å². The highest BCUT2D eigenvalue weighted by Crippen LogP contribution is 2.23. The number of aryl methyl sites for hydroxylation is 1. The van der Waals surface area contributed by atoms with E-state index in [1.54, 1.807) is 4.57 Å². The molecule has 6 nitrogen and oxygen atoms in total. The monoisotopic (exact) mass is 362 g/mol. The summed E-state index contributed by atoms with van der Waals surface area (Å²) < 4.78 is 1.64. The Morgan fingerprint density at radius 2 is 2.20 bits per heavy atom. The van der Waals surface area contributed by atoms with Gasteiger partial charge in [-0.1, -0.05) is 18.7 Å². The molecule has 1 amide bonds. The van der Waals surface area contributed by atoms with Crippen LogP contribution >= 0.6 is 11.8 Å². The highest BCUT2D eigenvalue weighted by molar-refractivity contribution is 7.99. The van der Waals surface area contributed by atoms with E-state index in [-0.39, 0.29) is 11.5 Å². The van der Waals surface area contributed by atoms with Crippen LogP contribution in [0.25, 0.3) is 11.0 Å². The molecule has 1 atom stereocenters. The van der Waals surface area contributed by atoms with Crippen LogP contribution < -0.4 is 5.56 Å². The number of aromatic nitrogens is 3. The topological polar surface area (TPSA) is 71.0 Å². The number of carbonyl (C=O) groups is 1. The minimum Gasteiger partial charge on any atom is -0.353 e. The van der Waals surface area contributed by atoms with Crippen LogP contribution in [-0.4, -0.2) is 43.7 Å². The summed E-state index contributed by atoms with van der Waals surface area (Å²) in [4.78, 5) is 35.0. The molecule has 2 aromatic rings. The first-order chi connectivity index (χ1) is 12.0. The van der Waals surface area contributed by atoms with Gasteiger partial charge in [-0.25, -0.2) is 4.98 Å². The highest BCUT2D eigenvalue weighted by atomic mass is 32.2. The first-order valence-corrected chi connectivity index (χ1v) is 10.1. The molecule has 136 valence electrons. The molecule has 0 aliphatic carbocycles. The second-order valence-corrected chi connectivity index (χ2v) is 7.53. The van der Waals surface area contributed by atoms with Crippen molar-refractivity contribution in [2.24, 2.45) is 0 Å². The summed E-state index contributed by atoms with van der Waals surface area (Å²) in [6.07, 6.45) is 4.39. The van der Waals surface area contributed by atoms with Gasteiger partial charge in [0.1, 0.15) is 5.52 Å². The van der Waals surface area contributed by atoms with Crippen LogP contribution in [0, 0.1) is 6.92 Å². The zero-order valence-electron chi connectivity index (χ0n) is 15.2. The van der Waals surface area contributed by atoms with Crippen molar-refractivity contribution < 1.29 is 4.79 Å². The van der Waals surface area contributed by atoms with Crippen LogP contribution in [0.1, 0.15) is 45.2 Å². The average Bonchev–Trinajstić information content (AvgIpc) is 3.00. The predicted octanol–water partition coefficient (Wildman–Crippen LogP) is 2.94. The molecule has 0 aromatic carbocycles. The van der Waals surface area contributed by atoms with E-state index < -0.39 is 0 Å². The van der Waals surface area contributed by atoms with Crippen LogP contribution in [0.5, 0.6) is 0 Å². The quantitative estimate of drug-likeness (QED) is 0.656. The third kappa shape index (κ3) is 3.61. The van der Waals surface area contributed by atoms with Gasteiger partial charge in [0.05, 0.1) is 11.3 Å². The van der Waals surface area contributed by atoms with Crippen LogP contribution in [-0.2, 0) is 11.3 Å². The molecule has 1 N–H and O–H groups in total. The maximum Gasteiger partial charge on any atom is 0.278 e. The SMILES string of the molecule is CC[C@@H]1CCCCN1C(=O)CSc1nc2cc(C)[nH]c2c(=O)n1CC. The second-order valence-electron chi connectivity index (χ2n) is 6.59. The number of amides is 1. The summed E-state index contributed by atoms with van der Waals surface area (Å²) >= 11 is 1.37. The van der Waals surface area contributed by atoms with Gasteiger partial charge in [0.15, 0.2) is 5.16 Å². The first-order valence-electron chi connectivity index (χ1n) is 9.07. The van der Waals surface area contributed by atoms with Crippen molar-refractivity contribution in [2.75, 3.05) is 12.3 Å². The Balaban J connectivity index is 1.80. The standard InChI is InChI=1S/C18H26N4O2S/c1-4-13-8-6-7-9-22(13)15(23)11-25-18-20-14-10-12(3)19-16(14)17(24)21(18)5-2/h10,13,19H,4-9,11H2,1-3H3/t13-/m1/s1. The maximum atomic E-state index is 12.7. The Hall–Kier alpha value is -1.76. The predicted molar refractivity (Wildman–Crippen MR) is 101 cm³/mol. The van der Waals surface area contributed by atoms with Crippen molar-refractivity contribution in [1.82, 2.24) is 19.4 Å². The summed E-state index contributed by atoms with van der Waals surface area (Å²) in [5.41, 5.74) is 2.06. The molecule has 0 bridgehead atoms. The number of hydrogen-bond acceptors (Lipinski definition) is 4. The van der Waals surface area contributed by atoms with E-state index in [9.17, 15) is 9.59 Å². The minimum absolute atomic E-state index is 0.0695. The molecule has 7 heteroatoms. The van der Waals surface area contributed by atoms with Crippen molar-refractivity contribution in [3.63, 3.8) is 0 Å². The molecule has 0 radical (unpaired) electrons. The Bertz CT molecular complexity index is 826. The Kier molecular flexibility index (Phi) is 5.51. The molecule has 1 fully saturated rings. The summed E-state index contributed by atoms with van der Waals surface area (Å²) in [7, 11) is 0. The van der Waals surface area contributed by atoms with E-state index in [1.165, 1.54) is 18.2 Å². The molecule has 1 aliphatic rings. The lowest BCUT2D eigenvalue weighted by molar-refractivity contribution is -0.132. The van der Waals surface area contributed by atoms with Crippen molar-refractivity contribution in [1.29, 1.82) is 0 Å². The van der Waals surface area contributed by atoms with Crippen molar-refractivity contribution in [3.8, 4) is 0 Å². The fraction of sp³-hybridized carbons (Fsp3) is 0.611. The third-order valence-corrected chi connectivity index (χ3v) is 5.86. The number of likely N-dealkylation sites (tertiary alicyclic amines) is 1. The summed E-state index contributed by atoms with van der Waals surface area (Å²) in [6, 6.07) is 2.23. The Morgan fingerprint density at radius 3 is 2.92 bits per heavy atom. The van der Waals surface area contributed by atoms with Crippen LogP contribution in [0.4, 0.5) is 0 Å². The van der Waals surface area contributed by atoms with Gasteiger partial charge >= 0.3 is 0 Å². The average molecular weight is 362 g/mol. The van der Waals surface area contributed by atoms with Crippen molar-refractivity contribution in [3.05, 3.63) is 22.1 Å². The van der Waals surface area contributed by atoms with Crippen molar-refractivity contribution >= 4 is 28.7 Å². The number of H-pyrrole nitrogens is 1. The number of carbonyl (C=O) groups excluding carboxylic acids is 1. The van der Waals surface area contributed by atoms with E-state index in [0.717, 1.165) is 31.5 Å². The van der Waals surface area contributed by atoms with Crippen molar-refractivity contribution in [2.45, 2.75) is 64.2 Å². The molecular formula is C18H26N4O2S. The smallest absolute Gasteiger partial charge is 0.278 e. The lowest BCUT2D eigenvalue weighted by atomic mass is 10.0. The number of aromatic amines is 1. The Morgan fingerprint density at radius 1 is 1.40 bits per heavy atom. The van der Waals surface area contributed by atoms with E-state index in [4.69, 9.17) is 0 Å². The number of nitrogens with one attached hydrogen (secondary N) is 1. The molecule has 25 heavy (non-hydrogen) atoms. The molecule has 1 aliphatic heterocycles. The second kappa shape index (κ2) is 7.64. The van der Waals surface area contributed by atoms with E-state index in [2.05, 4.69) is 16.9 Å². The van der Waals surface area contributed by atoms with Gasteiger partial charge in [-0.15, -0.1) is 0 Å². The lowest BCUT2D eigenvalue weighted by Gasteiger charge is -2.35. The van der Waals surface area contributed by atoms with Gasteiger partial charge in [0, 0.05) is 24.8 Å². The number of piperidine rings is 1. The Labute approximate surface area is 152 Å². The zero-order valence-corrected chi connectivity index (χ0v) is 16.0. The summed E-state index contributed by atoms with van der Waals surface area (Å²) in [5, 5.41) is 0.623. The van der Waals surface area contributed by atoms with Gasteiger partial charge in [-0.05, 0) is 45.6 Å². The minimum atomic E-state index is -0.0695. The molecule has 0 spiro atoms. The van der Waals surface area contributed by atoms with Gasteiger partial charge in [-0.3, -0.25) is 14.2 Å². The molecule has 2 aromatic heterocycles. The number of fused-ring (bicyclic) bond motifs is 1. The summed E-state index contributed by atoms with van der Waals surface area (Å²) in [5.74, 6) is 0.483. The molecule has 1 saturated heterocycles. The lowest BCUT2D eigenvalue weighted by Crippen LogP contribution is -2.44. The van der Waals surface area contributed by atoms with Gasteiger partial charge in [-0.2, -0.15) is 0 Å². The number of thioether (sulfide) groups is 1. The van der Waals surface area contributed by atoms with E-state index in [0.29, 0.717) is 34.5 Å². The van der Waals surface area contributed by atoms with Crippen LogP contribution in [0.3, 0.4) is 0 Å². The van der Waals surface area contributed by atoms with Gasteiger partial charge < -0.3 is 9.88 Å². The zero-order chi connectivity index (χ0) is 18.0. The van der Waals surface area contributed by atoms with Crippen LogP contribution in [0.2, 0.25) is 0 Å². The van der Waals surface area contributed by atoms with E-state index >= 15 is 0 Å². The van der Waals surface area contributed by atoms with Crippen LogP contribution in [0.15, 0.2) is 16.0 Å². The number of rotatable bonds is 5. The third-order valence-electron chi connectivity index (χ3n) is 4.90. The highest BCUT2D eigenvalue weighted by Gasteiger charge is 2.25. The fourth-order valence-electron chi connectivity index (χ4n) is 3.56. The molecule has 0 unspecified atom stereocenters. The summed E-state index contributed by atoms with van der Waals surface area (Å²) in [6.45, 7) is 7.37. The molecule has 3 rings (SSSR count). The van der Waals surface area contributed by atoms with Gasteiger partial charge in [0.2, 0.25) is 5.91 Å². The number of hydrogen-bond donors (Lipinski definition) is 1. The molecular weight excluding hydrogens is 336 g/mol. The maximum absolute atomic E-state index is 12.7. The largest absolute Gasteiger partial charge is 0.353 e.